The van der Waals surface area contributed by atoms with Crippen molar-refractivity contribution in [2.75, 3.05) is 5.32 Å². The summed E-state index contributed by atoms with van der Waals surface area (Å²) in [6.45, 7) is 0. The molecule has 0 saturated heterocycles. The van der Waals surface area contributed by atoms with Gasteiger partial charge in [0.25, 0.3) is 5.91 Å². The zero-order valence-corrected chi connectivity index (χ0v) is 11.4. The number of nitrogens with one attached hydrogen (secondary N) is 2. The molecule has 0 radical (unpaired) electrons. The van der Waals surface area contributed by atoms with Crippen molar-refractivity contribution in [1.29, 1.82) is 0 Å². The number of carbonyl (C=O) groups excluding carboxylic acids is 1. The van der Waals surface area contributed by atoms with Crippen molar-refractivity contribution < 1.29 is 9.90 Å². The quantitative estimate of drug-likeness (QED) is 0.531. The maximum absolute atomic E-state index is 12.5. The number of anilines is 1. The van der Waals surface area contributed by atoms with E-state index in [4.69, 9.17) is 0 Å². The topological polar surface area (TPSA) is 82.4 Å². The lowest BCUT2D eigenvalue weighted by atomic mass is 10.2. The fraction of sp³-hybridized carbons (Fsp3) is 0. The van der Waals surface area contributed by atoms with Gasteiger partial charge in [-0.1, -0.05) is 6.07 Å². The summed E-state index contributed by atoms with van der Waals surface area (Å²) in [5.41, 5.74) is 2.37. The third-order valence-electron chi connectivity index (χ3n) is 3.56. The molecule has 0 aliphatic heterocycles. The molecule has 0 fully saturated rings. The van der Waals surface area contributed by atoms with Crippen molar-refractivity contribution in [3.8, 4) is 5.88 Å². The molecule has 4 aromatic rings. The first-order valence-electron chi connectivity index (χ1n) is 6.77. The lowest BCUT2D eigenvalue weighted by molar-refractivity contribution is 0.102. The van der Waals surface area contributed by atoms with Crippen LogP contribution < -0.4 is 5.32 Å². The molecule has 3 heterocycles. The number of nitrogens with zero attached hydrogens (tertiary/aromatic N) is 2. The lowest BCUT2D eigenvalue weighted by Gasteiger charge is -2.04. The molecule has 1 aromatic carbocycles. The Bertz CT molecular complexity index is 1000. The molecule has 0 spiro atoms. The summed E-state index contributed by atoms with van der Waals surface area (Å²) in [6, 6.07) is 12.8. The molecule has 4 rings (SSSR count). The van der Waals surface area contributed by atoms with E-state index in [0.29, 0.717) is 11.2 Å². The van der Waals surface area contributed by atoms with Crippen LogP contribution in [0.25, 0.3) is 16.4 Å². The minimum atomic E-state index is -0.395. The molecule has 0 atom stereocenters. The van der Waals surface area contributed by atoms with Crippen molar-refractivity contribution in [1.82, 2.24) is 14.6 Å². The predicted octanol–water partition coefficient (Wildman–Crippen LogP) is 2.77. The van der Waals surface area contributed by atoms with Gasteiger partial charge in [0.2, 0.25) is 5.88 Å². The molecular weight excluding hydrogens is 280 g/mol. The Morgan fingerprint density at radius 2 is 2.14 bits per heavy atom. The number of amides is 1. The minimum absolute atomic E-state index is 0.162. The van der Waals surface area contributed by atoms with Crippen LogP contribution in [0.1, 0.15) is 10.4 Å². The zero-order chi connectivity index (χ0) is 15.1. The van der Waals surface area contributed by atoms with Gasteiger partial charge in [-0.15, -0.1) is 5.10 Å². The molecule has 3 N–H and O–H groups in total. The summed E-state index contributed by atoms with van der Waals surface area (Å²) in [7, 11) is 0. The maximum Gasteiger partial charge on any atom is 0.263 e. The fourth-order valence-corrected chi connectivity index (χ4v) is 2.53. The highest BCUT2D eigenvalue weighted by molar-refractivity contribution is 6.11. The number of hydrogen-bond donors (Lipinski definition) is 3. The van der Waals surface area contributed by atoms with Crippen LogP contribution in [0.5, 0.6) is 5.88 Å². The van der Waals surface area contributed by atoms with Gasteiger partial charge in [-0.05, 0) is 36.4 Å². The van der Waals surface area contributed by atoms with E-state index in [9.17, 15) is 9.90 Å². The van der Waals surface area contributed by atoms with Gasteiger partial charge in [-0.3, -0.25) is 4.79 Å². The van der Waals surface area contributed by atoms with E-state index >= 15 is 0 Å². The average Bonchev–Trinajstić information content (AvgIpc) is 3.09. The van der Waals surface area contributed by atoms with Crippen LogP contribution in [0.4, 0.5) is 5.69 Å². The van der Waals surface area contributed by atoms with Crippen LogP contribution >= 0.6 is 0 Å². The van der Waals surface area contributed by atoms with Crippen LogP contribution in [0.2, 0.25) is 0 Å². The maximum atomic E-state index is 12.5. The highest BCUT2D eigenvalue weighted by atomic mass is 16.3. The summed E-state index contributed by atoms with van der Waals surface area (Å²) < 4.78 is 1.47. The molecule has 0 unspecified atom stereocenters. The number of pyridine rings is 1. The monoisotopic (exact) mass is 292 g/mol. The van der Waals surface area contributed by atoms with E-state index in [1.54, 1.807) is 30.5 Å². The number of aromatic hydroxyl groups is 1. The van der Waals surface area contributed by atoms with E-state index in [1.165, 1.54) is 4.52 Å². The Labute approximate surface area is 125 Å². The molecule has 0 aliphatic rings. The smallest absolute Gasteiger partial charge is 0.263 e. The first-order valence-corrected chi connectivity index (χ1v) is 6.77. The number of fused-ring (bicyclic) bond motifs is 2. The molecular formula is C16H12N4O2. The Balaban J connectivity index is 1.72. The number of H-pyrrole nitrogens is 1. The number of rotatable bonds is 2. The highest BCUT2D eigenvalue weighted by Crippen LogP contribution is 2.23. The van der Waals surface area contributed by atoms with Gasteiger partial charge in [-0.2, -0.15) is 0 Å². The van der Waals surface area contributed by atoms with E-state index < -0.39 is 5.91 Å². The molecule has 0 saturated carbocycles. The fourth-order valence-electron chi connectivity index (χ4n) is 2.53. The van der Waals surface area contributed by atoms with Gasteiger partial charge in [0, 0.05) is 29.0 Å². The number of aromatic amines is 1. The Kier molecular flexibility index (Phi) is 2.62. The highest BCUT2D eigenvalue weighted by Gasteiger charge is 2.19. The van der Waals surface area contributed by atoms with E-state index in [-0.39, 0.29) is 11.4 Å². The third-order valence-corrected chi connectivity index (χ3v) is 3.56. The van der Waals surface area contributed by atoms with E-state index in [0.717, 1.165) is 10.9 Å². The standard InChI is InChI=1S/C16H12N4O2/c21-15(14-13-3-1-2-8-20(13)19-16(14)22)18-11-4-5-12-10(9-11)6-7-17-12/h1-9,17H,(H,18,21)(H,19,22). The van der Waals surface area contributed by atoms with Crippen LogP contribution in [0.15, 0.2) is 54.9 Å². The number of aromatic nitrogens is 3. The SMILES string of the molecule is O=C(Nc1ccc2[nH]ccc2c1)c1c(O)nn2ccccc12. The second kappa shape index (κ2) is 4.63. The second-order valence-electron chi connectivity index (χ2n) is 4.96. The van der Waals surface area contributed by atoms with Gasteiger partial charge in [0.05, 0.1) is 5.52 Å². The van der Waals surface area contributed by atoms with Gasteiger partial charge in [0.15, 0.2) is 0 Å². The largest absolute Gasteiger partial charge is 0.492 e. The Morgan fingerprint density at radius 1 is 1.23 bits per heavy atom. The summed E-state index contributed by atoms with van der Waals surface area (Å²) in [4.78, 5) is 15.5. The summed E-state index contributed by atoms with van der Waals surface area (Å²) in [5.74, 6) is -0.681. The first-order chi connectivity index (χ1) is 10.7. The van der Waals surface area contributed by atoms with Crippen molar-refractivity contribution in [2.45, 2.75) is 0 Å². The number of benzene rings is 1. The van der Waals surface area contributed by atoms with Gasteiger partial charge < -0.3 is 15.4 Å². The average molecular weight is 292 g/mol. The van der Waals surface area contributed by atoms with Crippen molar-refractivity contribution in [2.24, 2.45) is 0 Å². The number of carbonyl (C=O) groups is 1. The molecule has 0 bridgehead atoms. The molecule has 6 heteroatoms. The molecule has 22 heavy (non-hydrogen) atoms. The summed E-state index contributed by atoms with van der Waals surface area (Å²) in [5, 5.41) is 17.6. The van der Waals surface area contributed by atoms with E-state index in [2.05, 4.69) is 15.4 Å². The van der Waals surface area contributed by atoms with E-state index in [1.807, 2.05) is 24.4 Å². The van der Waals surface area contributed by atoms with Crippen LogP contribution in [-0.4, -0.2) is 25.6 Å². The van der Waals surface area contributed by atoms with Crippen molar-refractivity contribution in [3.05, 3.63) is 60.4 Å². The Morgan fingerprint density at radius 3 is 3.05 bits per heavy atom. The predicted molar refractivity (Wildman–Crippen MR) is 83.1 cm³/mol. The normalized spacial score (nSPS) is 11.1. The zero-order valence-electron chi connectivity index (χ0n) is 11.4. The third kappa shape index (κ3) is 1.89. The molecule has 6 nitrogen and oxygen atoms in total. The molecule has 0 aliphatic carbocycles. The first kappa shape index (κ1) is 12.5. The summed E-state index contributed by atoms with van der Waals surface area (Å²) >= 11 is 0. The van der Waals surface area contributed by atoms with Crippen LogP contribution in [-0.2, 0) is 0 Å². The Hall–Kier alpha value is -3.28. The van der Waals surface area contributed by atoms with Gasteiger partial charge in [-0.25, -0.2) is 4.52 Å². The van der Waals surface area contributed by atoms with Crippen LogP contribution in [0.3, 0.4) is 0 Å². The minimum Gasteiger partial charge on any atom is -0.492 e. The van der Waals surface area contributed by atoms with Gasteiger partial charge >= 0.3 is 0 Å². The summed E-state index contributed by atoms with van der Waals surface area (Å²) in [6.07, 6.45) is 3.52. The second-order valence-corrected chi connectivity index (χ2v) is 4.96. The van der Waals surface area contributed by atoms with Crippen molar-refractivity contribution in [3.63, 3.8) is 0 Å². The molecule has 108 valence electrons. The lowest BCUT2D eigenvalue weighted by Crippen LogP contribution is -2.11. The number of hydrogen-bond acceptors (Lipinski definition) is 3. The van der Waals surface area contributed by atoms with Crippen molar-refractivity contribution >= 4 is 28.0 Å². The molecule has 3 aromatic heterocycles. The molecule has 1 amide bonds. The van der Waals surface area contributed by atoms with Gasteiger partial charge in [0.1, 0.15) is 5.56 Å². The van der Waals surface area contributed by atoms with Crippen LogP contribution in [0, 0.1) is 0 Å².